The summed E-state index contributed by atoms with van der Waals surface area (Å²) in [4.78, 5) is 0. The molecule has 0 bridgehead atoms. The molecule has 5 N–H and O–H groups in total. The van der Waals surface area contributed by atoms with Crippen LogP contribution in [0.4, 0.5) is 0 Å². The molecule has 0 saturated heterocycles. The molecule has 5 nitrogen and oxygen atoms in total. The average molecular weight is 503 g/mol. The molecule has 0 radical (unpaired) electrons. The van der Waals surface area contributed by atoms with Gasteiger partial charge in [-0.05, 0) is 86.2 Å². The highest BCUT2D eigenvalue weighted by atomic mass is 16.3. The van der Waals surface area contributed by atoms with Crippen LogP contribution in [0.2, 0.25) is 0 Å². The molecule has 5 heteroatoms. The molecule has 2 rings (SSSR count). The van der Waals surface area contributed by atoms with E-state index in [1.165, 1.54) is 17.5 Å². The monoisotopic (exact) mass is 502 g/mol. The quantitative estimate of drug-likeness (QED) is 0.191. The van der Waals surface area contributed by atoms with Crippen LogP contribution >= 0.6 is 0 Å². The van der Waals surface area contributed by atoms with Gasteiger partial charge in [0.1, 0.15) is 0 Å². The zero-order valence-corrected chi connectivity index (χ0v) is 22.2. The Morgan fingerprint density at radius 1 is 0.528 bits per heavy atom. The van der Waals surface area contributed by atoms with Crippen LogP contribution in [-0.4, -0.2) is 58.6 Å². The van der Waals surface area contributed by atoms with Gasteiger partial charge in [0, 0.05) is 33.0 Å². The Hall–Kier alpha value is -1.76. The minimum atomic E-state index is 0.114. The first-order chi connectivity index (χ1) is 17.6. The molecule has 4 unspecified atom stereocenters. The lowest BCUT2D eigenvalue weighted by Gasteiger charge is -2.22. The number of aliphatic hydroxyl groups excluding tert-OH is 5. The summed E-state index contributed by atoms with van der Waals surface area (Å²) >= 11 is 0. The van der Waals surface area contributed by atoms with Crippen LogP contribution in [0.25, 0.3) is 0 Å². The van der Waals surface area contributed by atoms with Gasteiger partial charge in [0.15, 0.2) is 0 Å². The van der Waals surface area contributed by atoms with Crippen molar-refractivity contribution in [1.29, 1.82) is 0 Å². The first-order valence-electron chi connectivity index (χ1n) is 13.8. The summed E-state index contributed by atoms with van der Waals surface area (Å²) in [6, 6.07) is 20.8. The van der Waals surface area contributed by atoms with E-state index in [9.17, 15) is 10.2 Å². The van der Waals surface area contributed by atoms with Crippen molar-refractivity contribution in [2.24, 2.45) is 11.8 Å². The van der Waals surface area contributed by atoms with E-state index in [4.69, 9.17) is 15.3 Å². The van der Waals surface area contributed by atoms with E-state index in [0.717, 1.165) is 44.9 Å². The van der Waals surface area contributed by atoms with Crippen LogP contribution in [0.5, 0.6) is 0 Å². The smallest absolute Gasteiger partial charge is 0.0460 e. The topological polar surface area (TPSA) is 101 Å². The van der Waals surface area contributed by atoms with Crippen molar-refractivity contribution in [3.8, 4) is 0 Å². The molecule has 0 aliphatic heterocycles. The third kappa shape index (κ3) is 13.5. The Bertz CT molecular complexity index is 724. The highest BCUT2D eigenvalue weighted by Crippen LogP contribution is 2.30. The van der Waals surface area contributed by atoms with Gasteiger partial charge in [-0.3, -0.25) is 0 Å². The minimum absolute atomic E-state index is 0.114. The van der Waals surface area contributed by atoms with Crippen LogP contribution in [-0.2, 0) is 0 Å². The van der Waals surface area contributed by atoms with Gasteiger partial charge in [0.2, 0.25) is 0 Å². The number of rotatable bonds is 18. The van der Waals surface area contributed by atoms with Crippen molar-refractivity contribution in [3.05, 3.63) is 71.8 Å². The van der Waals surface area contributed by atoms with Gasteiger partial charge in [-0.1, -0.05) is 74.0 Å². The molecule has 0 fully saturated rings. The second-order valence-electron chi connectivity index (χ2n) is 9.82. The summed E-state index contributed by atoms with van der Waals surface area (Å²) in [5.74, 6) is 1.34. The molecule has 0 aromatic heterocycles. The van der Waals surface area contributed by atoms with Crippen molar-refractivity contribution >= 4 is 0 Å². The highest BCUT2D eigenvalue weighted by molar-refractivity contribution is 5.20. The molecule has 0 heterocycles. The Morgan fingerprint density at radius 3 is 1.39 bits per heavy atom. The summed E-state index contributed by atoms with van der Waals surface area (Å²) in [6.07, 6.45) is 8.25. The van der Waals surface area contributed by atoms with Crippen molar-refractivity contribution in [2.45, 2.75) is 76.5 Å². The Balaban J connectivity index is 0.000000360. The van der Waals surface area contributed by atoms with Crippen LogP contribution in [0.15, 0.2) is 60.7 Å². The molecule has 4 atom stereocenters. The van der Waals surface area contributed by atoms with Crippen LogP contribution < -0.4 is 0 Å². The predicted molar refractivity (Wildman–Crippen MR) is 148 cm³/mol. The zero-order chi connectivity index (χ0) is 26.4. The number of hydrogen-bond donors (Lipinski definition) is 5. The van der Waals surface area contributed by atoms with E-state index in [1.54, 1.807) is 0 Å². The standard InChI is InChI=1S/C16H26O2.C15H24O3/c1-2-7-16(15-9-4-3-5-10-15)12-14(13-18)8-6-11-17;16-9-4-7-15(11-13(12-18)8-10-17)14-5-2-1-3-6-14/h3-5,9-10,14,16-18H,2,6-8,11-13H2,1H3;1-3,5-6,13,15-18H,4,7-12H2. The van der Waals surface area contributed by atoms with Crippen molar-refractivity contribution in [2.75, 3.05) is 33.0 Å². The molecular formula is C31H50O5. The molecular weight excluding hydrogens is 452 g/mol. The molecule has 2 aromatic rings. The Morgan fingerprint density at radius 2 is 0.972 bits per heavy atom. The molecule has 0 spiro atoms. The fourth-order valence-electron chi connectivity index (χ4n) is 4.91. The second kappa shape index (κ2) is 21.3. The predicted octanol–water partition coefficient (Wildman–Crippen LogP) is 5.27. The summed E-state index contributed by atoms with van der Waals surface area (Å²) in [6.45, 7) is 3.09. The lowest BCUT2D eigenvalue weighted by molar-refractivity contribution is 0.168. The normalized spacial score (nSPS) is 14.4. The molecule has 0 aliphatic carbocycles. The van der Waals surface area contributed by atoms with Crippen molar-refractivity contribution in [3.63, 3.8) is 0 Å². The number of aliphatic hydroxyl groups is 5. The molecule has 36 heavy (non-hydrogen) atoms. The fourth-order valence-corrected chi connectivity index (χ4v) is 4.91. The molecule has 204 valence electrons. The molecule has 2 aromatic carbocycles. The van der Waals surface area contributed by atoms with Gasteiger partial charge in [-0.2, -0.15) is 0 Å². The average Bonchev–Trinajstić information content (AvgIpc) is 2.93. The third-order valence-corrected chi connectivity index (χ3v) is 6.95. The summed E-state index contributed by atoms with van der Waals surface area (Å²) < 4.78 is 0. The van der Waals surface area contributed by atoms with E-state index < -0.39 is 0 Å². The van der Waals surface area contributed by atoms with Gasteiger partial charge in [0.25, 0.3) is 0 Å². The van der Waals surface area contributed by atoms with Gasteiger partial charge in [-0.15, -0.1) is 0 Å². The maximum Gasteiger partial charge on any atom is 0.0460 e. The Kier molecular flexibility index (Phi) is 19.1. The van der Waals surface area contributed by atoms with Gasteiger partial charge < -0.3 is 25.5 Å². The lowest BCUT2D eigenvalue weighted by atomic mass is 9.84. The van der Waals surface area contributed by atoms with E-state index >= 15 is 0 Å². The zero-order valence-electron chi connectivity index (χ0n) is 22.2. The largest absolute Gasteiger partial charge is 0.396 e. The molecule has 0 amide bonds. The summed E-state index contributed by atoms with van der Waals surface area (Å²) in [5.41, 5.74) is 2.63. The van der Waals surface area contributed by atoms with E-state index in [0.29, 0.717) is 24.2 Å². The van der Waals surface area contributed by atoms with Crippen LogP contribution in [0.3, 0.4) is 0 Å². The van der Waals surface area contributed by atoms with Gasteiger partial charge in [-0.25, -0.2) is 0 Å². The maximum absolute atomic E-state index is 9.44. The van der Waals surface area contributed by atoms with Crippen LogP contribution in [0, 0.1) is 11.8 Å². The highest BCUT2D eigenvalue weighted by Gasteiger charge is 2.18. The molecule has 0 aliphatic rings. The van der Waals surface area contributed by atoms with E-state index in [2.05, 4.69) is 43.3 Å². The first-order valence-corrected chi connectivity index (χ1v) is 13.8. The second-order valence-corrected chi connectivity index (χ2v) is 9.82. The van der Waals surface area contributed by atoms with Crippen LogP contribution in [0.1, 0.15) is 87.7 Å². The maximum atomic E-state index is 9.44. The number of hydrogen-bond acceptors (Lipinski definition) is 5. The SMILES string of the molecule is CCCC(CC(CO)CCCO)c1ccccc1.OCCCC(CC(CO)CCO)c1ccccc1. The van der Waals surface area contributed by atoms with E-state index in [1.807, 2.05) is 24.3 Å². The first kappa shape index (κ1) is 32.3. The van der Waals surface area contributed by atoms with E-state index in [-0.39, 0.29) is 39.0 Å². The summed E-state index contributed by atoms with van der Waals surface area (Å²) in [5, 5.41) is 45.6. The van der Waals surface area contributed by atoms with Crippen molar-refractivity contribution in [1.82, 2.24) is 0 Å². The van der Waals surface area contributed by atoms with Crippen molar-refractivity contribution < 1.29 is 25.5 Å². The lowest BCUT2D eigenvalue weighted by Crippen LogP contribution is -2.13. The Labute approximate surface area is 218 Å². The fraction of sp³-hybridized carbons (Fsp3) is 0.613. The van der Waals surface area contributed by atoms with Gasteiger partial charge in [0.05, 0.1) is 0 Å². The molecule has 0 saturated carbocycles. The summed E-state index contributed by atoms with van der Waals surface area (Å²) in [7, 11) is 0. The van der Waals surface area contributed by atoms with Gasteiger partial charge >= 0.3 is 0 Å². The third-order valence-electron chi connectivity index (χ3n) is 6.95. The minimum Gasteiger partial charge on any atom is -0.396 e. The number of benzene rings is 2.